The molecule has 1 aliphatic heterocycles. The first-order valence-electron chi connectivity index (χ1n) is 14.2. The van der Waals surface area contributed by atoms with Gasteiger partial charge in [0, 0.05) is 12.7 Å². The van der Waals surface area contributed by atoms with Gasteiger partial charge in [-0.05, 0) is 56.2 Å². The summed E-state index contributed by atoms with van der Waals surface area (Å²) < 4.78 is 29.7. The van der Waals surface area contributed by atoms with E-state index in [9.17, 15) is 9.59 Å². The van der Waals surface area contributed by atoms with Gasteiger partial charge < -0.3 is 25.1 Å². The highest BCUT2D eigenvalue weighted by Crippen LogP contribution is 2.48. The van der Waals surface area contributed by atoms with Crippen LogP contribution < -0.4 is 26.0 Å². The third-order valence-corrected chi connectivity index (χ3v) is 8.91. The van der Waals surface area contributed by atoms with E-state index in [1.165, 1.54) is 44.6 Å². The van der Waals surface area contributed by atoms with Crippen LogP contribution in [0.5, 0.6) is 11.5 Å². The smallest absolute Gasteiger partial charge is 0.202 e. The summed E-state index contributed by atoms with van der Waals surface area (Å²) in [5.74, 6) is 0.554. The standard InChI is InChI=1S/C31H36FN3O4/c1-19(36)23-17-35-28-24(29(23)37)26(33)25(32)27(30(28)39-18-31(35)13-5-6-14-31)34-15-16-38-22-11-9-21(10-12-22)20-7-3-2-4-8-20/h9-12,17,20,34H,2-8,13-16,18,33H2,1H3. The molecule has 0 atom stereocenters. The Morgan fingerprint density at radius 3 is 2.56 bits per heavy atom. The monoisotopic (exact) mass is 533 g/mol. The second kappa shape index (κ2) is 10.2. The number of nitrogens with zero attached hydrogens (tertiary/aromatic N) is 1. The molecule has 39 heavy (non-hydrogen) atoms. The van der Waals surface area contributed by atoms with Crippen LogP contribution in [0.15, 0.2) is 35.3 Å². The minimum atomic E-state index is -0.749. The van der Waals surface area contributed by atoms with E-state index in [2.05, 4.69) is 17.4 Å². The van der Waals surface area contributed by atoms with Crippen molar-refractivity contribution >= 4 is 28.1 Å². The molecule has 0 bridgehead atoms. The fraction of sp³-hybridized carbons (Fsp3) is 0.484. The number of ketones is 1. The van der Waals surface area contributed by atoms with E-state index in [4.69, 9.17) is 15.2 Å². The summed E-state index contributed by atoms with van der Waals surface area (Å²) in [5, 5.41) is 3.12. The molecule has 6 rings (SSSR count). The molecule has 0 radical (unpaired) electrons. The minimum Gasteiger partial charge on any atom is -0.492 e. The number of nitrogens with one attached hydrogen (secondary N) is 1. The molecule has 2 fully saturated rings. The van der Waals surface area contributed by atoms with Crippen LogP contribution >= 0.6 is 0 Å². The van der Waals surface area contributed by atoms with Crippen molar-refractivity contribution in [3.8, 4) is 11.5 Å². The summed E-state index contributed by atoms with van der Waals surface area (Å²) in [5.41, 5.74) is 7.00. The molecule has 0 unspecified atom stereocenters. The SMILES string of the molecule is CC(=O)c1cn2c3c(c(NCCOc4ccc(C5CCCCC5)cc4)c(F)c(N)c3c1=O)OCC21CCCC1. The molecule has 1 aromatic heterocycles. The number of aromatic nitrogens is 1. The van der Waals surface area contributed by atoms with Crippen molar-refractivity contribution in [2.45, 2.75) is 76.2 Å². The van der Waals surface area contributed by atoms with Gasteiger partial charge in [-0.15, -0.1) is 0 Å². The molecule has 8 heteroatoms. The molecule has 2 heterocycles. The lowest BCUT2D eigenvalue weighted by atomic mass is 9.84. The van der Waals surface area contributed by atoms with E-state index in [1.807, 2.05) is 16.7 Å². The van der Waals surface area contributed by atoms with E-state index in [1.54, 1.807) is 6.20 Å². The first kappa shape index (κ1) is 25.7. The minimum absolute atomic E-state index is 0.0148. The van der Waals surface area contributed by atoms with Crippen LogP contribution in [0.1, 0.15) is 86.6 Å². The number of benzene rings is 2. The zero-order valence-corrected chi connectivity index (χ0v) is 22.5. The normalized spacial score (nSPS) is 18.3. The lowest BCUT2D eigenvalue weighted by molar-refractivity contribution is 0.101. The van der Waals surface area contributed by atoms with E-state index >= 15 is 4.39 Å². The van der Waals surface area contributed by atoms with Crippen molar-refractivity contribution in [1.82, 2.24) is 4.57 Å². The predicted octanol–water partition coefficient (Wildman–Crippen LogP) is 6.13. The summed E-state index contributed by atoms with van der Waals surface area (Å²) in [4.78, 5) is 25.6. The Hall–Kier alpha value is -3.55. The number of anilines is 2. The number of halogens is 1. The maximum absolute atomic E-state index is 15.6. The molecule has 7 nitrogen and oxygen atoms in total. The third-order valence-electron chi connectivity index (χ3n) is 8.91. The fourth-order valence-corrected chi connectivity index (χ4v) is 6.78. The maximum Gasteiger partial charge on any atom is 0.202 e. The highest BCUT2D eigenvalue weighted by atomic mass is 19.1. The Morgan fingerprint density at radius 1 is 1.15 bits per heavy atom. The number of pyridine rings is 1. The average molecular weight is 534 g/mol. The number of hydrogen-bond donors (Lipinski definition) is 2. The number of hydrogen-bond acceptors (Lipinski definition) is 6. The summed E-state index contributed by atoms with van der Waals surface area (Å²) >= 11 is 0. The van der Waals surface area contributed by atoms with Gasteiger partial charge in [0.1, 0.15) is 24.7 Å². The Balaban J connectivity index is 1.26. The zero-order valence-electron chi connectivity index (χ0n) is 22.5. The van der Waals surface area contributed by atoms with Gasteiger partial charge in [-0.2, -0.15) is 0 Å². The fourth-order valence-electron chi connectivity index (χ4n) is 6.78. The van der Waals surface area contributed by atoms with Crippen LogP contribution in [-0.2, 0) is 5.54 Å². The summed E-state index contributed by atoms with van der Waals surface area (Å²) in [6, 6.07) is 8.29. The molecule has 2 aromatic carbocycles. The van der Waals surface area contributed by atoms with Crippen molar-refractivity contribution in [2.24, 2.45) is 0 Å². The Morgan fingerprint density at radius 2 is 1.87 bits per heavy atom. The van der Waals surface area contributed by atoms with Gasteiger partial charge in [0.05, 0.1) is 27.7 Å². The summed E-state index contributed by atoms with van der Waals surface area (Å²) in [6.07, 6.45) is 11.8. The van der Waals surface area contributed by atoms with Gasteiger partial charge in [-0.1, -0.05) is 44.2 Å². The highest BCUT2D eigenvalue weighted by Gasteiger charge is 2.42. The van der Waals surface area contributed by atoms with Gasteiger partial charge in [0.15, 0.2) is 17.3 Å². The number of ether oxygens (including phenoxy) is 2. The van der Waals surface area contributed by atoms with Crippen LogP contribution in [-0.4, -0.2) is 30.1 Å². The quantitative estimate of drug-likeness (QED) is 0.216. The van der Waals surface area contributed by atoms with Gasteiger partial charge in [0.25, 0.3) is 0 Å². The second-order valence-electron chi connectivity index (χ2n) is 11.4. The van der Waals surface area contributed by atoms with Crippen LogP contribution in [0, 0.1) is 5.82 Å². The van der Waals surface area contributed by atoms with Crippen LogP contribution in [0.3, 0.4) is 0 Å². The number of Topliss-reactive ketones (excluding diaryl/α,β-unsaturated/α-hetero) is 1. The second-order valence-corrected chi connectivity index (χ2v) is 11.4. The Kier molecular flexibility index (Phi) is 6.73. The third kappa shape index (κ3) is 4.43. The molecular weight excluding hydrogens is 497 g/mol. The number of nitrogens with two attached hydrogens (primary N) is 1. The first-order chi connectivity index (χ1) is 18.9. The number of nitrogen functional groups attached to an aromatic ring is 1. The van der Waals surface area contributed by atoms with Gasteiger partial charge in [-0.25, -0.2) is 4.39 Å². The van der Waals surface area contributed by atoms with E-state index in [0.717, 1.165) is 31.4 Å². The molecule has 206 valence electrons. The molecule has 3 aliphatic rings. The van der Waals surface area contributed by atoms with Crippen LogP contribution in [0.25, 0.3) is 10.9 Å². The van der Waals surface area contributed by atoms with Crippen molar-refractivity contribution in [1.29, 1.82) is 0 Å². The van der Waals surface area contributed by atoms with Crippen molar-refractivity contribution < 1.29 is 18.7 Å². The predicted molar refractivity (Wildman–Crippen MR) is 151 cm³/mol. The van der Waals surface area contributed by atoms with E-state index < -0.39 is 11.2 Å². The number of carbonyl (C=O) groups excluding carboxylic acids is 1. The summed E-state index contributed by atoms with van der Waals surface area (Å²) in [7, 11) is 0. The number of fused-ring (bicyclic) bond motifs is 1. The van der Waals surface area contributed by atoms with Crippen molar-refractivity contribution in [3.05, 3.63) is 57.6 Å². The molecule has 0 amide bonds. The van der Waals surface area contributed by atoms with Crippen LogP contribution in [0.2, 0.25) is 0 Å². The van der Waals surface area contributed by atoms with E-state index in [0.29, 0.717) is 31.2 Å². The largest absolute Gasteiger partial charge is 0.492 e. The van der Waals surface area contributed by atoms with Crippen molar-refractivity contribution in [2.75, 3.05) is 30.8 Å². The van der Waals surface area contributed by atoms with E-state index in [-0.39, 0.29) is 39.4 Å². The van der Waals surface area contributed by atoms with Crippen LogP contribution in [0.4, 0.5) is 15.8 Å². The topological polar surface area (TPSA) is 95.6 Å². The van der Waals surface area contributed by atoms with Crippen molar-refractivity contribution in [3.63, 3.8) is 0 Å². The maximum atomic E-state index is 15.6. The first-order valence-corrected chi connectivity index (χ1v) is 14.2. The molecule has 1 spiro atoms. The number of carbonyl (C=O) groups is 1. The summed E-state index contributed by atoms with van der Waals surface area (Å²) in [6.45, 7) is 2.31. The zero-order chi connectivity index (χ0) is 27.1. The number of rotatable bonds is 7. The molecular formula is C31H36FN3O4. The Bertz CT molecular complexity index is 1470. The lowest BCUT2D eigenvalue weighted by Gasteiger charge is -2.39. The van der Waals surface area contributed by atoms with Gasteiger partial charge >= 0.3 is 0 Å². The molecule has 3 N–H and O–H groups in total. The lowest BCUT2D eigenvalue weighted by Crippen LogP contribution is -2.42. The van der Waals surface area contributed by atoms with Gasteiger partial charge in [0.2, 0.25) is 5.43 Å². The molecule has 2 aliphatic carbocycles. The molecule has 3 aromatic rings. The highest BCUT2D eigenvalue weighted by molar-refractivity contribution is 6.04. The Labute approximate surface area is 227 Å². The van der Waals surface area contributed by atoms with Gasteiger partial charge in [-0.3, -0.25) is 9.59 Å². The average Bonchev–Trinajstić information content (AvgIpc) is 3.42. The molecule has 2 saturated carbocycles. The molecule has 0 saturated heterocycles.